The Morgan fingerprint density at radius 2 is 1.76 bits per heavy atom. The van der Waals surface area contributed by atoms with Gasteiger partial charge in [-0.15, -0.1) is 0 Å². The molecule has 5 nitrogen and oxygen atoms in total. The van der Waals surface area contributed by atoms with E-state index in [1.165, 1.54) is 0 Å². The first kappa shape index (κ1) is 13.9. The van der Waals surface area contributed by atoms with E-state index >= 15 is 0 Å². The summed E-state index contributed by atoms with van der Waals surface area (Å²) in [6, 6.07) is 5.72. The number of nitrogens with zero attached hydrogens (tertiary/aromatic N) is 1. The SMILES string of the molecule is COc1cc2nccc(OC3CCNCC3)c2cc1OC. The maximum atomic E-state index is 6.17. The van der Waals surface area contributed by atoms with Gasteiger partial charge < -0.3 is 19.5 Å². The van der Waals surface area contributed by atoms with Gasteiger partial charge in [0.1, 0.15) is 11.9 Å². The van der Waals surface area contributed by atoms with Crippen LogP contribution in [0.25, 0.3) is 10.9 Å². The molecule has 0 bridgehead atoms. The molecule has 1 aromatic carbocycles. The van der Waals surface area contributed by atoms with Crippen molar-refractivity contribution >= 4 is 10.9 Å². The first-order valence-electron chi connectivity index (χ1n) is 7.20. The van der Waals surface area contributed by atoms with Crippen molar-refractivity contribution in [2.24, 2.45) is 0 Å². The molecule has 0 atom stereocenters. The summed E-state index contributed by atoms with van der Waals surface area (Å²) in [5.74, 6) is 2.22. The molecule has 3 rings (SSSR count). The van der Waals surface area contributed by atoms with E-state index in [4.69, 9.17) is 14.2 Å². The summed E-state index contributed by atoms with van der Waals surface area (Å²) in [6.45, 7) is 2.01. The van der Waals surface area contributed by atoms with Crippen LogP contribution in [0.2, 0.25) is 0 Å². The van der Waals surface area contributed by atoms with Crippen LogP contribution in [0.4, 0.5) is 0 Å². The second kappa shape index (κ2) is 6.18. The molecule has 1 aromatic heterocycles. The highest BCUT2D eigenvalue weighted by atomic mass is 16.5. The molecule has 0 aliphatic carbocycles. The Morgan fingerprint density at radius 3 is 2.48 bits per heavy atom. The lowest BCUT2D eigenvalue weighted by Gasteiger charge is -2.24. The third kappa shape index (κ3) is 2.88. The minimum atomic E-state index is 0.255. The van der Waals surface area contributed by atoms with E-state index < -0.39 is 0 Å². The summed E-state index contributed by atoms with van der Waals surface area (Å²) >= 11 is 0. The van der Waals surface area contributed by atoms with Crippen LogP contribution in [0.5, 0.6) is 17.2 Å². The lowest BCUT2D eigenvalue weighted by atomic mass is 10.1. The van der Waals surface area contributed by atoms with Crippen molar-refractivity contribution in [2.45, 2.75) is 18.9 Å². The highest BCUT2D eigenvalue weighted by Gasteiger charge is 2.17. The molecule has 0 amide bonds. The molecule has 2 heterocycles. The van der Waals surface area contributed by atoms with Crippen LogP contribution < -0.4 is 19.5 Å². The zero-order chi connectivity index (χ0) is 14.7. The van der Waals surface area contributed by atoms with Gasteiger partial charge >= 0.3 is 0 Å². The Bertz CT molecular complexity index is 624. The molecule has 0 unspecified atom stereocenters. The number of hydrogen-bond acceptors (Lipinski definition) is 5. The maximum Gasteiger partial charge on any atom is 0.162 e. The molecular formula is C16H20N2O3. The Hall–Kier alpha value is -2.01. The lowest BCUT2D eigenvalue weighted by molar-refractivity contribution is 0.164. The van der Waals surface area contributed by atoms with E-state index in [-0.39, 0.29) is 6.10 Å². The molecule has 5 heteroatoms. The molecule has 1 aliphatic heterocycles. The van der Waals surface area contributed by atoms with E-state index in [9.17, 15) is 0 Å². The zero-order valence-electron chi connectivity index (χ0n) is 12.4. The second-order valence-electron chi connectivity index (χ2n) is 5.10. The Kier molecular flexibility index (Phi) is 4.10. The van der Waals surface area contributed by atoms with Crippen LogP contribution >= 0.6 is 0 Å². The van der Waals surface area contributed by atoms with Crippen molar-refractivity contribution in [3.05, 3.63) is 24.4 Å². The van der Waals surface area contributed by atoms with Gasteiger partial charge in [0.05, 0.1) is 19.7 Å². The molecule has 1 fully saturated rings. The smallest absolute Gasteiger partial charge is 0.162 e. The van der Waals surface area contributed by atoms with Crippen molar-refractivity contribution < 1.29 is 14.2 Å². The average molecular weight is 288 g/mol. The van der Waals surface area contributed by atoms with E-state index in [0.29, 0.717) is 11.5 Å². The Balaban J connectivity index is 1.97. The van der Waals surface area contributed by atoms with Gasteiger partial charge in [-0.25, -0.2) is 0 Å². The third-order valence-corrected chi connectivity index (χ3v) is 3.79. The molecule has 0 radical (unpaired) electrons. The van der Waals surface area contributed by atoms with Crippen LogP contribution in [0, 0.1) is 0 Å². The fourth-order valence-corrected chi connectivity index (χ4v) is 2.64. The Morgan fingerprint density at radius 1 is 1.05 bits per heavy atom. The van der Waals surface area contributed by atoms with Crippen LogP contribution in [-0.4, -0.2) is 38.4 Å². The number of ether oxygens (including phenoxy) is 3. The fraction of sp³-hybridized carbons (Fsp3) is 0.438. The van der Waals surface area contributed by atoms with Crippen LogP contribution in [-0.2, 0) is 0 Å². The van der Waals surface area contributed by atoms with Gasteiger partial charge in [-0.2, -0.15) is 0 Å². The number of methoxy groups -OCH3 is 2. The predicted molar refractivity (Wildman–Crippen MR) is 81.4 cm³/mol. The number of piperidine rings is 1. The number of benzene rings is 1. The van der Waals surface area contributed by atoms with E-state index in [2.05, 4.69) is 10.3 Å². The van der Waals surface area contributed by atoms with Gasteiger partial charge in [0.2, 0.25) is 0 Å². The molecule has 21 heavy (non-hydrogen) atoms. The quantitative estimate of drug-likeness (QED) is 0.936. The summed E-state index contributed by atoms with van der Waals surface area (Å²) in [5.41, 5.74) is 0.846. The first-order chi connectivity index (χ1) is 10.3. The van der Waals surface area contributed by atoms with E-state index in [0.717, 1.165) is 42.6 Å². The fourth-order valence-electron chi connectivity index (χ4n) is 2.64. The van der Waals surface area contributed by atoms with Gasteiger partial charge in [0.25, 0.3) is 0 Å². The van der Waals surface area contributed by atoms with Gasteiger partial charge in [0, 0.05) is 17.6 Å². The summed E-state index contributed by atoms with van der Waals surface area (Å²) in [6.07, 6.45) is 4.07. The molecule has 2 aromatic rings. The summed E-state index contributed by atoms with van der Waals surface area (Å²) < 4.78 is 16.9. The topological polar surface area (TPSA) is 52.6 Å². The summed E-state index contributed by atoms with van der Waals surface area (Å²) in [7, 11) is 3.26. The molecule has 112 valence electrons. The number of aromatic nitrogens is 1. The highest BCUT2D eigenvalue weighted by Crippen LogP contribution is 2.35. The van der Waals surface area contributed by atoms with Gasteiger partial charge in [-0.05, 0) is 38.1 Å². The highest BCUT2D eigenvalue weighted by molar-refractivity contribution is 5.88. The number of fused-ring (bicyclic) bond motifs is 1. The number of nitrogens with one attached hydrogen (secondary N) is 1. The summed E-state index contributed by atoms with van der Waals surface area (Å²) in [5, 5.41) is 4.29. The molecule has 1 N–H and O–H groups in total. The van der Waals surface area contributed by atoms with E-state index in [1.807, 2.05) is 18.2 Å². The molecule has 0 saturated carbocycles. The number of rotatable bonds is 4. The van der Waals surface area contributed by atoms with Crippen LogP contribution in [0.3, 0.4) is 0 Å². The largest absolute Gasteiger partial charge is 0.493 e. The number of pyridine rings is 1. The van der Waals surface area contributed by atoms with Gasteiger partial charge in [-0.3, -0.25) is 4.98 Å². The molecular weight excluding hydrogens is 268 g/mol. The normalized spacial score (nSPS) is 15.9. The second-order valence-corrected chi connectivity index (χ2v) is 5.10. The summed E-state index contributed by atoms with van der Waals surface area (Å²) in [4.78, 5) is 4.39. The molecule has 1 aliphatic rings. The minimum absolute atomic E-state index is 0.255. The first-order valence-corrected chi connectivity index (χ1v) is 7.20. The van der Waals surface area contributed by atoms with Crippen molar-refractivity contribution in [1.82, 2.24) is 10.3 Å². The minimum Gasteiger partial charge on any atom is -0.493 e. The van der Waals surface area contributed by atoms with Crippen molar-refractivity contribution in [3.8, 4) is 17.2 Å². The zero-order valence-corrected chi connectivity index (χ0v) is 12.4. The van der Waals surface area contributed by atoms with Gasteiger partial charge in [0.15, 0.2) is 11.5 Å². The average Bonchev–Trinajstić information content (AvgIpc) is 2.55. The van der Waals surface area contributed by atoms with Crippen LogP contribution in [0.1, 0.15) is 12.8 Å². The van der Waals surface area contributed by atoms with Gasteiger partial charge in [-0.1, -0.05) is 0 Å². The van der Waals surface area contributed by atoms with Crippen molar-refractivity contribution in [2.75, 3.05) is 27.3 Å². The third-order valence-electron chi connectivity index (χ3n) is 3.79. The standard InChI is InChI=1S/C16H20N2O3/c1-19-15-9-12-13(10-16(15)20-2)18-8-5-14(12)21-11-3-6-17-7-4-11/h5,8-11,17H,3-4,6-7H2,1-2H3. The van der Waals surface area contributed by atoms with Crippen LogP contribution in [0.15, 0.2) is 24.4 Å². The van der Waals surface area contributed by atoms with E-state index in [1.54, 1.807) is 20.4 Å². The Labute approximate surface area is 124 Å². The van der Waals surface area contributed by atoms with Crippen molar-refractivity contribution in [1.29, 1.82) is 0 Å². The van der Waals surface area contributed by atoms with Crippen molar-refractivity contribution in [3.63, 3.8) is 0 Å². The lowest BCUT2D eigenvalue weighted by Crippen LogP contribution is -2.34. The number of hydrogen-bond donors (Lipinski definition) is 1. The predicted octanol–water partition coefficient (Wildman–Crippen LogP) is 2.38. The monoisotopic (exact) mass is 288 g/mol. The maximum absolute atomic E-state index is 6.17. The molecule has 1 saturated heterocycles. The molecule has 0 spiro atoms.